The largest absolute Gasteiger partial charge is 0.459 e. The minimum absolute atomic E-state index is 0.217. The van der Waals surface area contributed by atoms with Crippen molar-refractivity contribution in [2.24, 2.45) is 11.1 Å². The highest BCUT2D eigenvalue weighted by molar-refractivity contribution is 5.77. The van der Waals surface area contributed by atoms with E-state index in [1.165, 1.54) is 0 Å². The second-order valence-corrected chi connectivity index (χ2v) is 7.10. The Kier molecular flexibility index (Phi) is 3.58. The fraction of sp³-hybridized carbons (Fsp3) is 0.556. The molecule has 114 valence electrons. The highest BCUT2D eigenvalue weighted by Gasteiger charge is 2.44. The average Bonchev–Trinajstić information content (AvgIpc) is 2.91. The highest BCUT2D eigenvalue weighted by Crippen LogP contribution is 2.47. The van der Waals surface area contributed by atoms with E-state index in [9.17, 15) is 0 Å². The third-order valence-electron chi connectivity index (χ3n) is 5.17. The molecular weight excluding hydrogens is 262 g/mol. The molecule has 1 saturated carbocycles. The molecule has 0 aliphatic heterocycles. The van der Waals surface area contributed by atoms with E-state index >= 15 is 0 Å². The van der Waals surface area contributed by atoms with Gasteiger partial charge in [0.25, 0.3) is 0 Å². The van der Waals surface area contributed by atoms with E-state index in [4.69, 9.17) is 14.9 Å². The summed E-state index contributed by atoms with van der Waals surface area (Å²) in [6, 6.07) is 9.87. The van der Waals surface area contributed by atoms with E-state index in [0.717, 1.165) is 42.4 Å². The molecule has 1 aromatic carbocycles. The zero-order valence-corrected chi connectivity index (χ0v) is 13.2. The predicted molar refractivity (Wildman–Crippen MR) is 85.1 cm³/mol. The fourth-order valence-corrected chi connectivity index (χ4v) is 3.41. The van der Waals surface area contributed by atoms with Crippen LogP contribution in [0.1, 0.15) is 51.3 Å². The summed E-state index contributed by atoms with van der Waals surface area (Å²) < 4.78 is 11.9. The van der Waals surface area contributed by atoms with Crippen molar-refractivity contribution in [1.82, 2.24) is 0 Å². The molecule has 1 aromatic heterocycles. The van der Waals surface area contributed by atoms with E-state index in [1.54, 1.807) is 7.11 Å². The van der Waals surface area contributed by atoms with Crippen LogP contribution in [0.4, 0.5) is 0 Å². The number of fused-ring (bicyclic) bond motifs is 1. The molecule has 3 rings (SSSR count). The van der Waals surface area contributed by atoms with Crippen molar-refractivity contribution in [2.45, 2.75) is 51.2 Å². The smallest absolute Gasteiger partial charge is 0.134 e. The normalized spacial score (nSPS) is 22.3. The van der Waals surface area contributed by atoms with E-state index in [-0.39, 0.29) is 11.6 Å². The van der Waals surface area contributed by atoms with Crippen molar-refractivity contribution in [3.8, 4) is 0 Å². The number of para-hydroxylation sites is 1. The number of hydrogen-bond acceptors (Lipinski definition) is 3. The number of rotatable bonds is 3. The van der Waals surface area contributed by atoms with E-state index in [1.807, 2.05) is 18.2 Å². The maximum Gasteiger partial charge on any atom is 0.134 e. The van der Waals surface area contributed by atoms with Gasteiger partial charge in [0.15, 0.2) is 0 Å². The molecular formula is C18H25NO2. The van der Waals surface area contributed by atoms with Crippen molar-refractivity contribution in [3.63, 3.8) is 0 Å². The van der Waals surface area contributed by atoms with E-state index in [2.05, 4.69) is 26.0 Å². The standard InChI is InChI=1S/C18H25NO2/c1-17(2)8-10-18(20-3,11-9-17)16(19)15-12-13-6-4-5-7-14(13)21-15/h4-7,12,16H,8-11,19H2,1-3H3. The molecule has 0 saturated heterocycles. The molecule has 0 radical (unpaired) electrons. The van der Waals surface area contributed by atoms with Crippen LogP contribution in [-0.4, -0.2) is 12.7 Å². The molecule has 1 fully saturated rings. The topological polar surface area (TPSA) is 48.4 Å². The van der Waals surface area contributed by atoms with Crippen molar-refractivity contribution in [2.75, 3.05) is 7.11 Å². The lowest BCUT2D eigenvalue weighted by Gasteiger charge is -2.45. The molecule has 1 aliphatic carbocycles. The Morgan fingerprint density at radius 1 is 1.14 bits per heavy atom. The number of hydrogen-bond donors (Lipinski definition) is 1. The van der Waals surface area contributed by atoms with Gasteiger partial charge in [-0.15, -0.1) is 0 Å². The van der Waals surface area contributed by atoms with Crippen LogP contribution in [0.15, 0.2) is 34.7 Å². The quantitative estimate of drug-likeness (QED) is 0.909. The van der Waals surface area contributed by atoms with Gasteiger partial charge in [0.1, 0.15) is 11.3 Å². The summed E-state index contributed by atoms with van der Waals surface area (Å²) in [5, 5.41) is 1.10. The molecule has 1 unspecified atom stereocenters. The Balaban J connectivity index is 1.90. The van der Waals surface area contributed by atoms with Gasteiger partial charge >= 0.3 is 0 Å². The van der Waals surface area contributed by atoms with Gasteiger partial charge in [-0.05, 0) is 43.2 Å². The van der Waals surface area contributed by atoms with E-state index in [0.29, 0.717) is 5.41 Å². The zero-order valence-electron chi connectivity index (χ0n) is 13.2. The first-order chi connectivity index (χ1) is 9.96. The number of methoxy groups -OCH3 is 1. The maximum atomic E-state index is 6.55. The molecule has 1 atom stereocenters. The summed E-state index contributed by atoms with van der Waals surface area (Å²) in [5.74, 6) is 0.831. The molecule has 0 amide bonds. The Hall–Kier alpha value is -1.32. The molecule has 1 aliphatic rings. The lowest BCUT2D eigenvalue weighted by molar-refractivity contribution is -0.0828. The minimum Gasteiger partial charge on any atom is -0.459 e. The van der Waals surface area contributed by atoms with Crippen LogP contribution in [0.3, 0.4) is 0 Å². The van der Waals surface area contributed by atoms with Crippen LogP contribution in [0, 0.1) is 5.41 Å². The summed E-state index contributed by atoms with van der Waals surface area (Å²) in [7, 11) is 1.78. The molecule has 0 bridgehead atoms. The maximum absolute atomic E-state index is 6.55. The van der Waals surface area contributed by atoms with Crippen molar-refractivity contribution in [1.29, 1.82) is 0 Å². The van der Waals surface area contributed by atoms with Crippen molar-refractivity contribution >= 4 is 11.0 Å². The third kappa shape index (κ3) is 2.60. The van der Waals surface area contributed by atoms with Crippen LogP contribution in [0.2, 0.25) is 0 Å². The predicted octanol–water partition coefficient (Wildman–Crippen LogP) is 4.42. The lowest BCUT2D eigenvalue weighted by Crippen LogP contribution is -2.47. The second kappa shape index (κ2) is 5.15. The van der Waals surface area contributed by atoms with Crippen LogP contribution in [-0.2, 0) is 4.74 Å². The molecule has 3 nitrogen and oxygen atoms in total. The van der Waals surface area contributed by atoms with Gasteiger partial charge in [-0.25, -0.2) is 0 Å². The summed E-state index contributed by atoms with van der Waals surface area (Å²) in [6.45, 7) is 4.64. The van der Waals surface area contributed by atoms with Gasteiger partial charge in [-0.1, -0.05) is 32.0 Å². The summed E-state index contributed by atoms with van der Waals surface area (Å²) in [5.41, 5.74) is 7.53. The Morgan fingerprint density at radius 3 is 2.43 bits per heavy atom. The molecule has 2 N–H and O–H groups in total. The first-order valence-electron chi connectivity index (χ1n) is 7.75. The van der Waals surface area contributed by atoms with Gasteiger partial charge in [-0.3, -0.25) is 0 Å². The monoisotopic (exact) mass is 287 g/mol. The van der Waals surface area contributed by atoms with Gasteiger partial charge in [0.2, 0.25) is 0 Å². The van der Waals surface area contributed by atoms with Gasteiger partial charge in [0.05, 0.1) is 11.6 Å². The molecule has 2 aromatic rings. The number of benzene rings is 1. The molecule has 3 heteroatoms. The van der Waals surface area contributed by atoms with Gasteiger partial charge < -0.3 is 14.9 Å². The SMILES string of the molecule is COC1(C(N)c2cc3ccccc3o2)CCC(C)(C)CC1. The van der Waals surface area contributed by atoms with Gasteiger partial charge in [-0.2, -0.15) is 0 Å². The third-order valence-corrected chi connectivity index (χ3v) is 5.17. The van der Waals surface area contributed by atoms with Crippen molar-refractivity contribution < 1.29 is 9.15 Å². The van der Waals surface area contributed by atoms with E-state index < -0.39 is 0 Å². The lowest BCUT2D eigenvalue weighted by atomic mass is 9.68. The second-order valence-electron chi connectivity index (χ2n) is 7.10. The van der Waals surface area contributed by atoms with Gasteiger partial charge in [0, 0.05) is 12.5 Å². The number of furan rings is 1. The summed E-state index contributed by atoms with van der Waals surface area (Å²) in [6.07, 6.45) is 4.23. The Bertz CT molecular complexity index is 586. The zero-order chi connectivity index (χ0) is 15.1. The summed E-state index contributed by atoms with van der Waals surface area (Å²) in [4.78, 5) is 0. The fourth-order valence-electron chi connectivity index (χ4n) is 3.41. The Labute approximate surface area is 126 Å². The first-order valence-corrected chi connectivity index (χ1v) is 7.75. The summed E-state index contributed by atoms with van der Waals surface area (Å²) >= 11 is 0. The highest BCUT2D eigenvalue weighted by atomic mass is 16.5. The molecule has 1 heterocycles. The molecule has 21 heavy (non-hydrogen) atoms. The van der Waals surface area contributed by atoms with Crippen molar-refractivity contribution in [3.05, 3.63) is 36.1 Å². The number of nitrogens with two attached hydrogens (primary N) is 1. The minimum atomic E-state index is -0.302. The van der Waals surface area contributed by atoms with Crippen LogP contribution < -0.4 is 5.73 Å². The Morgan fingerprint density at radius 2 is 1.81 bits per heavy atom. The first kappa shape index (κ1) is 14.6. The van der Waals surface area contributed by atoms with Crippen LogP contribution >= 0.6 is 0 Å². The average molecular weight is 287 g/mol. The van der Waals surface area contributed by atoms with Crippen LogP contribution in [0.5, 0.6) is 0 Å². The molecule has 0 spiro atoms. The number of ether oxygens (including phenoxy) is 1. The van der Waals surface area contributed by atoms with Crippen LogP contribution in [0.25, 0.3) is 11.0 Å².